The molecule has 2 aromatic carbocycles. The summed E-state index contributed by atoms with van der Waals surface area (Å²) in [6, 6.07) is 18.3. The van der Waals surface area contributed by atoms with Crippen LogP contribution in [0.3, 0.4) is 0 Å². The fraction of sp³-hybridized carbons (Fsp3) is 0.318. The molecule has 0 atom stereocenters. The Bertz CT molecular complexity index is 811. The standard InChI is InChI=1S/C22H25N3O2/c26-22(19-16-18-6-4-5-9-21(18)27-17-19)23-10-11-24-12-14-25(15-13-24)20-7-2-1-3-8-20/h1-9,16H,10-15,17H2,(H,23,26). The summed E-state index contributed by atoms with van der Waals surface area (Å²) in [5, 5.41) is 3.03. The van der Waals surface area contributed by atoms with E-state index < -0.39 is 0 Å². The number of amides is 1. The number of carbonyl (C=O) groups excluding carboxylic acids is 1. The van der Waals surface area contributed by atoms with E-state index >= 15 is 0 Å². The number of rotatable bonds is 5. The van der Waals surface area contributed by atoms with E-state index in [9.17, 15) is 4.79 Å². The van der Waals surface area contributed by atoms with Crippen LogP contribution in [0.4, 0.5) is 5.69 Å². The minimum Gasteiger partial charge on any atom is -0.488 e. The molecule has 0 bridgehead atoms. The highest BCUT2D eigenvalue weighted by Gasteiger charge is 2.19. The van der Waals surface area contributed by atoms with E-state index in [1.165, 1.54) is 5.69 Å². The minimum atomic E-state index is -0.0348. The van der Waals surface area contributed by atoms with Gasteiger partial charge in [-0.1, -0.05) is 36.4 Å². The number of anilines is 1. The average Bonchev–Trinajstić information content (AvgIpc) is 2.74. The van der Waals surface area contributed by atoms with Gasteiger partial charge in [0.1, 0.15) is 12.4 Å². The molecule has 0 saturated carbocycles. The first-order chi connectivity index (χ1) is 13.3. The Hall–Kier alpha value is -2.79. The minimum absolute atomic E-state index is 0.0348. The van der Waals surface area contributed by atoms with E-state index in [0.29, 0.717) is 18.7 Å². The monoisotopic (exact) mass is 363 g/mol. The topological polar surface area (TPSA) is 44.8 Å². The van der Waals surface area contributed by atoms with Gasteiger partial charge >= 0.3 is 0 Å². The van der Waals surface area contributed by atoms with Gasteiger partial charge < -0.3 is 15.0 Å². The molecule has 2 aliphatic rings. The lowest BCUT2D eigenvalue weighted by molar-refractivity contribution is -0.117. The molecule has 1 amide bonds. The Morgan fingerprint density at radius 2 is 1.70 bits per heavy atom. The molecule has 0 radical (unpaired) electrons. The number of benzene rings is 2. The van der Waals surface area contributed by atoms with E-state index in [0.717, 1.165) is 44.0 Å². The summed E-state index contributed by atoms with van der Waals surface area (Å²) in [7, 11) is 0. The van der Waals surface area contributed by atoms with Crippen molar-refractivity contribution in [3.63, 3.8) is 0 Å². The number of ether oxygens (including phenoxy) is 1. The van der Waals surface area contributed by atoms with Crippen LogP contribution < -0.4 is 15.0 Å². The maximum absolute atomic E-state index is 12.4. The smallest absolute Gasteiger partial charge is 0.250 e. The fourth-order valence-corrected chi connectivity index (χ4v) is 3.56. The third-order valence-corrected chi connectivity index (χ3v) is 5.13. The molecule has 2 aliphatic heterocycles. The molecule has 1 saturated heterocycles. The van der Waals surface area contributed by atoms with E-state index in [1.54, 1.807) is 0 Å². The lowest BCUT2D eigenvalue weighted by atomic mass is 10.1. The zero-order valence-electron chi connectivity index (χ0n) is 15.4. The average molecular weight is 363 g/mol. The van der Waals surface area contributed by atoms with Crippen LogP contribution in [0.25, 0.3) is 6.08 Å². The molecule has 1 fully saturated rings. The summed E-state index contributed by atoms with van der Waals surface area (Å²) in [5.74, 6) is 0.803. The number of carbonyl (C=O) groups is 1. The van der Waals surface area contributed by atoms with E-state index in [-0.39, 0.29) is 5.91 Å². The van der Waals surface area contributed by atoms with Crippen LogP contribution in [0.15, 0.2) is 60.2 Å². The highest BCUT2D eigenvalue weighted by molar-refractivity contribution is 5.99. The molecule has 2 aromatic rings. The summed E-state index contributed by atoms with van der Waals surface area (Å²) >= 11 is 0. The molecular weight excluding hydrogens is 338 g/mol. The molecule has 1 N–H and O–H groups in total. The van der Waals surface area contributed by atoms with Gasteiger partial charge in [0.2, 0.25) is 0 Å². The predicted molar refractivity (Wildman–Crippen MR) is 108 cm³/mol. The van der Waals surface area contributed by atoms with E-state index in [2.05, 4.69) is 39.4 Å². The Labute approximate surface area is 160 Å². The number of para-hydroxylation sites is 2. The van der Waals surface area contributed by atoms with Gasteiger partial charge in [-0.15, -0.1) is 0 Å². The first-order valence-electron chi connectivity index (χ1n) is 9.52. The van der Waals surface area contributed by atoms with Gasteiger partial charge in [0.25, 0.3) is 5.91 Å². The van der Waals surface area contributed by atoms with Crippen LogP contribution in [0.5, 0.6) is 5.75 Å². The van der Waals surface area contributed by atoms with Crippen LogP contribution in [0, 0.1) is 0 Å². The lowest BCUT2D eigenvalue weighted by Crippen LogP contribution is -2.48. The molecule has 0 unspecified atom stereocenters. The van der Waals surface area contributed by atoms with Gasteiger partial charge in [-0.3, -0.25) is 9.69 Å². The zero-order chi connectivity index (χ0) is 18.5. The number of hydrogen-bond donors (Lipinski definition) is 1. The Kier molecular flexibility index (Phi) is 5.39. The molecule has 0 spiro atoms. The first-order valence-corrected chi connectivity index (χ1v) is 9.52. The summed E-state index contributed by atoms with van der Waals surface area (Å²) in [6.45, 7) is 5.94. The van der Waals surface area contributed by atoms with Crippen molar-refractivity contribution < 1.29 is 9.53 Å². The molecule has 2 heterocycles. The quantitative estimate of drug-likeness (QED) is 0.886. The highest BCUT2D eigenvalue weighted by Crippen LogP contribution is 2.25. The Balaban J connectivity index is 1.22. The van der Waals surface area contributed by atoms with E-state index in [4.69, 9.17) is 4.74 Å². The van der Waals surface area contributed by atoms with Gasteiger partial charge in [-0.25, -0.2) is 0 Å². The maximum atomic E-state index is 12.4. The molecule has 27 heavy (non-hydrogen) atoms. The van der Waals surface area contributed by atoms with Crippen LogP contribution >= 0.6 is 0 Å². The highest BCUT2D eigenvalue weighted by atomic mass is 16.5. The van der Waals surface area contributed by atoms with Crippen LogP contribution in [0.1, 0.15) is 5.56 Å². The normalized spacial score (nSPS) is 16.9. The summed E-state index contributed by atoms with van der Waals surface area (Å²) < 4.78 is 5.66. The first kappa shape index (κ1) is 17.6. The van der Waals surface area contributed by atoms with Crippen LogP contribution in [-0.4, -0.2) is 56.7 Å². The Morgan fingerprint density at radius 1 is 0.963 bits per heavy atom. The van der Waals surface area contributed by atoms with Gasteiger partial charge in [0, 0.05) is 50.5 Å². The molecule has 0 aromatic heterocycles. The molecule has 5 nitrogen and oxygen atoms in total. The summed E-state index contributed by atoms with van der Waals surface area (Å²) in [5.41, 5.74) is 2.93. The molecule has 0 aliphatic carbocycles. The van der Waals surface area contributed by atoms with Crippen molar-refractivity contribution >= 4 is 17.7 Å². The number of nitrogens with one attached hydrogen (secondary N) is 1. The Morgan fingerprint density at radius 3 is 2.52 bits per heavy atom. The molecule has 5 heteroatoms. The van der Waals surface area contributed by atoms with Gasteiger partial charge in [-0.05, 0) is 24.3 Å². The van der Waals surface area contributed by atoms with Gasteiger partial charge in [0.15, 0.2) is 0 Å². The van der Waals surface area contributed by atoms with Crippen LogP contribution in [0.2, 0.25) is 0 Å². The van der Waals surface area contributed by atoms with Crippen molar-refractivity contribution in [1.29, 1.82) is 0 Å². The molecular formula is C22H25N3O2. The third-order valence-electron chi connectivity index (χ3n) is 5.13. The van der Waals surface area contributed by atoms with E-state index in [1.807, 2.05) is 36.4 Å². The second-order valence-electron chi connectivity index (χ2n) is 6.92. The van der Waals surface area contributed by atoms with Gasteiger partial charge in [-0.2, -0.15) is 0 Å². The van der Waals surface area contributed by atoms with Crippen molar-refractivity contribution in [2.45, 2.75) is 0 Å². The lowest BCUT2D eigenvalue weighted by Gasteiger charge is -2.36. The zero-order valence-corrected chi connectivity index (χ0v) is 15.4. The largest absolute Gasteiger partial charge is 0.488 e. The molecule has 4 rings (SSSR count). The van der Waals surface area contributed by atoms with Crippen molar-refractivity contribution in [3.8, 4) is 5.75 Å². The van der Waals surface area contributed by atoms with Crippen molar-refractivity contribution in [3.05, 3.63) is 65.7 Å². The van der Waals surface area contributed by atoms with Crippen LogP contribution in [-0.2, 0) is 4.79 Å². The number of hydrogen-bond acceptors (Lipinski definition) is 4. The SMILES string of the molecule is O=C(NCCN1CCN(c2ccccc2)CC1)C1=Cc2ccccc2OC1. The second kappa shape index (κ2) is 8.27. The van der Waals surface area contributed by atoms with Crippen molar-refractivity contribution in [2.24, 2.45) is 0 Å². The predicted octanol–water partition coefficient (Wildman–Crippen LogP) is 2.40. The number of fused-ring (bicyclic) bond motifs is 1. The number of piperazine rings is 1. The summed E-state index contributed by atoms with van der Waals surface area (Å²) in [6.07, 6.45) is 1.92. The third kappa shape index (κ3) is 4.31. The van der Waals surface area contributed by atoms with Gasteiger partial charge in [0.05, 0.1) is 5.57 Å². The maximum Gasteiger partial charge on any atom is 0.250 e. The van der Waals surface area contributed by atoms with Crippen molar-refractivity contribution in [1.82, 2.24) is 10.2 Å². The van der Waals surface area contributed by atoms with Crippen molar-refractivity contribution in [2.75, 3.05) is 50.8 Å². The number of nitrogens with zero attached hydrogens (tertiary/aromatic N) is 2. The second-order valence-corrected chi connectivity index (χ2v) is 6.92. The molecule has 140 valence electrons. The summed E-state index contributed by atoms with van der Waals surface area (Å²) in [4.78, 5) is 17.2. The fourth-order valence-electron chi connectivity index (χ4n) is 3.56.